The summed E-state index contributed by atoms with van der Waals surface area (Å²) in [5.41, 5.74) is 3.26. The molecule has 0 aliphatic carbocycles. The fourth-order valence-electron chi connectivity index (χ4n) is 2.42. The van der Waals surface area contributed by atoms with E-state index in [1.54, 1.807) is 29.1 Å². The van der Waals surface area contributed by atoms with Crippen LogP contribution in [-0.2, 0) is 0 Å². The average molecular weight is 314 g/mol. The smallest absolute Gasteiger partial charge is 0.256 e. The van der Waals surface area contributed by atoms with Gasteiger partial charge in [-0.25, -0.2) is 0 Å². The third-order valence-electron chi connectivity index (χ3n) is 3.72. The van der Waals surface area contributed by atoms with Crippen molar-refractivity contribution in [2.24, 2.45) is 0 Å². The molecule has 0 saturated carbocycles. The average Bonchev–Trinajstić information content (AvgIpc) is 2.67. The summed E-state index contributed by atoms with van der Waals surface area (Å²) in [5.74, 6) is 2.35. The molecule has 4 nitrogen and oxygen atoms in total. The molecule has 116 valence electrons. The third-order valence-corrected chi connectivity index (χ3v) is 3.72. The predicted octanol–water partition coefficient (Wildman–Crippen LogP) is 3.40. The Hall–Kier alpha value is -3.36. The second-order valence-electron chi connectivity index (χ2n) is 5.27. The number of Topliss-reactive ketones (excluding diaryl/α,β-unsaturated/α-hetero) is 1. The molecule has 0 aliphatic rings. The predicted molar refractivity (Wildman–Crippen MR) is 92.7 cm³/mol. The van der Waals surface area contributed by atoms with Crippen molar-refractivity contribution in [3.05, 3.63) is 84.9 Å². The van der Waals surface area contributed by atoms with Gasteiger partial charge in [-0.3, -0.25) is 15.2 Å². The Morgan fingerprint density at radius 2 is 1.58 bits per heavy atom. The zero-order chi connectivity index (χ0) is 16.8. The number of allylic oxidation sites excluding steroid dienone is 1. The highest BCUT2D eigenvalue weighted by Crippen LogP contribution is 2.16. The maximum atomic E-state index is 12.3. The molecule has 0 atom stereocenters. The summed E-state index contributed by atoms with van der Waals surface area (Å²) in [5, 5.41) is 7.50. The molecule has 0 spiro atoms. The maximum Gasteiger partial charge on any atom is 0.256 e. The first-order valence-electron chi connectivity index (χ1n) is 7.57. The molecule has 1 N–H and O–H groups in total. The van der Waals surface area contributed by atoms with Crippen LogP contribution in [0.1, 0.15) is 16.8 Å². The second-order valence-corrected chi connectivity index (χ2v) is 5.27. The van der Waals surface area contributed by atoms with E-state index in [1.807, 2.05) is 54.9 Å². The van der Waals surface area contributed by atoms with Crippen LogP contribution in [-0.4, -0.2) is 16.6 Å². The van der Waals surface area contributed by atoms with E-state index in [9.17, 15) is 4.79 Å². The van der Waals surface area contributed by atoms with Crippen molar-refractivity contribution in [1.29, 1.82) is 5.41 Å². The van der Waals surface area contributed by atoms with Gasteiger partial charge in [-0.2, -0.15) is 4.57 Å². The number of pyridine rings is 2. The van der Waals surface area contributed by atoms with Crippen LogP contribution in [0.4, 0.5) is 0 Å². The second kappa shape index (κ2) is 7.27. The van der Waals surface area contributed by atoms with E-state index in [-0.39, 0.29) is 12.2 Å². The summed E-state index contributed by atoms with van der Waals surface area (Å²) in [6, 6.07) is 16.9. The molecule has 3 aromatic rings. The molecule has 0 aliphatic heterocycles. The maximum absolute atomic E-state index is 12.3. The molecule has 0 saturated heterocycles. The van der Waals surface area contributed by atoms with Gasteiger partial charge in [0.05, 0.1) is 5.87 Å². The van der Waals surface area contributed by atoms with E-state index in [4.69, 9.17) is 5.41 Å². The number of nitrogens with one attached hydrogen (secondary N) is 1. The highest BCUT2D eigenvalue weighted by atomic mass is 16.1. The lowest BCUT2D eigenvalue weighted by atomic mass is 10.1. The summed E-state index contributed by atoms with van der Waals surface area (Å²) < 4.78 is 1.75. The number of rotatable bonds is 5. The van der Waals surface area contributed by atoms with Gasteiger partial charge in [-0.1, -0.05) is 30.3 Å². The van der Waals surface area contributed by atoms with Gasteiger partial charge in [-0.05, 0) is 23.3 Å². The summed E-state index contributed by atoms with van der Waals surface area (Å²) in [6.07, 6.45) is 7.30. The molecule has 0 amide bonds. The van der Waals surface area contributed by atoms with E-state index in [2.05, 4.69) is 10.9 Å². The number of nitrogens with zero attached hydrogens (tertiary/aromatic N) is 2. The Balaban J connectivity index is 1.80. The lowest BCUT2D eigenvalue weighted by Crippen LogP contribution is -2.32. The molecule has 2 aromatic heterocycles. The summed E-state index contributed by atoms with van der Waals surface area (Å²) in [4.78, 5) is 16.3. The molecule has 2 heterocycles. The number of benzene rings is 1. The largest absolute Gasteiger partial charge is 0.294 e. The van der Waals surface area contributed by atoms with Gasteiger partial charge in [0, 0.05) is 30.1 Å². The molecular formula is C20H16N3O+. The number of ketones is 1. The lowest BCUT2D eigenvalue weighted by Gasteiger charge is -2.02. The molecule has 0 radical (unpaired) electrons. The van der Waals surface area contributed by atoms with Crippen molar-refractivity contribution in [3.8, 4) is 11.1 Å². The lowest BCUT2D eigenvalue weighted by molar-refractivity contribution is -0.580. The highest BCUT2D eigenvalue weighted by molar-refractivity contribution is 6.02. The van der Waals surface area contributed by atoms with E-state index in [0.29, 0.717) is 11.3 Å². The Bertz CT molecular complexity index is 881. The van der Waals surface area contributed by atoms with Crippen LogP contribution in [0.5, 0.6) is 0 Å². The topological polar surface area (TPSA) is 57.7 Å². The van der Waals surface area contributed by atoms with E-state index in [0.717, 1.165) is 11.1 Å². The molecule has 24 heavy (non-hydrogen) atoms. The van der Waals surface area contributed by atoms with Crippen LogP contribution < -0.4 is 4.57 Å². The Labute approximate surface area is 140 Å². The molecule has 3 rings (SSSR count). The zero-order valence-corrected chi connectivity index (χ0v) is 13.0. The standard InChI is InChI=1S/C20H16N3O/c21-15-19(14-20(24)18-4-2-1-3-5-18)23-12-8-17(9-13-23)16-6-10-22-11-7-16/h1-13,21H,14H2/q+1. The first-order chi connectivity index (χ1) is 11.8. The van der Waals surface area contributed by atoms with Crippen molar-refractivity contribution in [3.63, 3.8) is 0 Å². The SMILES string of the molecule is N=C=C(CC(=O)c1ccccc1)[n+]1ccc(-c2ccncc2)cc1. The minimum atomic E-state index is -0.0314. The van der Waals surface area contributed by atoms with Crippen LogP contribution in [0.15, 0.2) is 79.4 Å². The monoisotopic (exact) mass is 314 g/mol. The minimum Gasteiger partial charge on any atom is -0.294 e. The molecule has 1 aromatic carbocycles. The van der Waals surface area contributed by atoms with Crippen molar-refractivity contribution >= 4 is 17.4 Å². The zero-order valence-electron chi connectivity index (χ0n) is 13.0. The van der Waals surface area contributed by atoms with Crippen LogP contribution in [0, 0.1) is 5.41 Å². The first kappa shape index (κ1) is 15.5. The molecule has 4 heteroatoms. The van der Waals surface area contributed by atoms with Gasteiger partial charge in [-0.15, -0.1) is 0 Å². The van der Waals surface area contributed by atoms with Crippen molar-refractivity contribution in [2.75, 3.05) is 0 Å². The molecule has 0 unspecified atom stereocenters. The van der Waals surface area contributed by atoms with Gasteiger partial charge in [0.15, 0.2) is 18.2 Å². The van der Waals surface area contributed by atoms with Crippen LogP contribution in [0.3, 0.4) is 0 Å². The van der Waals surface area contributed by atoms with E-state index in [1.165, 1.54) is 0 Å². The minimum absolute atomic E-state index is 0.0314. The Kier molecular flexibility index (Phi) is 4.70. The summed E-state index contributed by atoms with van der Waals surface area (Å²) in [6.45, 7) is 0. The number of hydrogen-bond donors (Lipinski definition) is 1. The van der Waals surface area contributed by atoms with E-state index < -0.39 is 0 Å². The third kappa shape index (κ3) is 3.51. The number of hydrogen-bond acceptors (Lipinski definition) is 3. The molecule has 0 bridgehead atoms. The summed E-state index contributed by atoms with van der Waals surface area (Å²) in [7, 11) is 0. The highest BCUT2D eigenvalue weighted by Gasteiger charge is 2.16. The summed E-state index contributed by atoms with van der Waals surface area (Å²) >= 11 is 0. The van der Waals surface area contributed by atoms with Gasteiger partial charge in [0.1, 0.15) is 6.42 Å². The fourth-order valence-corrected chi connectivity index (χ4v) is 2.42. The van der Waals surface area contributed by atoms with Gasteiger partial charge < -0.3 is 0 Å². The number of aromatic nitrogens is 2. The fraction of sp³-hybridized carbons (Fsp3) is 0.0500. The van der Waals surface area contributed by atoms with Crippen LogP contribution in [0.25, 0.3) is 16.8 Å². The number of carbonyl (C=O) groups excluding carboxylic acids is 1. The van der Waals surface area contributed by atoms with E-state index >= 15 is 0 Å². The molecular weight excluding hydrogens is 298 g/mol. The van der Waals surface area contributed by atoms with Crippen molar-refractivity contribution in [1.82, 2.24) is 4.98 Å². The quantitative estimate of drug-likeness (QED) is 0.446. The van der Waals surface area contributed by atoms with Crippen molar-refractivity contribution < 1.29 is 9.36 Å². The van der Waals surface area contributed by atoms with Gasteiger partial charge >= 0.3 is 0 Å². The van der Waals surface area contributed by atoms with Gasteiger partial charge in [0.2, 0.25) is 0 Å². The van der Waals surface area contributed by atoms with Crippen LogP contribution >= 0.6 is 0 Å². The molecule has 0 fully saturated rings. The van der Waals surface area contributed by atoms with Crippen molar-refractivity contribution in [2.45, 2.75) is 6.42 Å². The first-order valence-corrected chi connectivity index (χ1v) is 7.57. The number of carbonyl (C=O) groups is 1. The Morgan fingerprint density at radius 1 is 0.958 bits per heavy atom. The van der Waals surface area contributed by atoms with Crippen LogP contribution in [0.2, 0.25) is 0 Å². The normalized spacial score (nSPS) is 10.0. The Morgan fingerprint density at radius 3 is 2.21 bits per heavy atom. The van der Waals surface area contributed by atoms with Gasteiger partial charge in [0.25, 0.3) is 5.70 Å².